The Morgan fingerprint density at radius 2 is 2.21 bits per heavy atom. The molecule has 98 valence electrons. The van der Waals surface area contributed by atoms with Gasteiger partial charge >= 0.3 is 0 Å². The minimum Gasteiger partial charge on any atom is -0.336 e. The van der Waals surface area contributed by atoms with Crippen molar-refractivity contribution < 1.29 is 4.79 Å². The molecule has 1 amide bonds. The number of carbonyl (C=O) groups excluding carboxylic acids is 1. The van der Waals surface area contributed by atoms with Crippen LogP contribution in [0, 0.1) is 0 Å². The number of rotatable bonds is 4. The number of nitrogens with two attached hydrogens (primary N) is 1. The largest absolute Gasteiger partial charge is 0.336 e. The number of nitrogens with zero attached hydrogens (tertiary/aromatic N) is 4. The molecule has 7 nitrogen and oxygen atoms in total. The van der Waals surface area contributed by atoms with Gasteiger partial charge in [0.2, 0.25) is 0 Å². The maximum absolute atomic E-state index is 12.1. The van der Waals surface area contributed by atoms with E-state index in [1.54, 1.807) is 24.3 Å². The third kappa shape index (κ3) is 3.23. The third-order valence-electron chi connectivity index (χ3n) is 2.51. The predicted octanol–water partition coefficient (Wildman–Crippen LogP) is 0.429. The topological polar surface area (TPSA) is 97.0 Å². The number of nitrogens with one attached hydrogen (secondary N) is 1. The van der Waals surface area contributed by atoms with Crippen molar-refractivity contribution in [3.63, 3.8) is 0 Å². The first kappa shape index (κ1) is 12.9. The molecular weight excluding hydrogens is 244 g/mol. The summed E-state index contributed by atoms with van der Waals surface area (Å²) in [5.74, 6) is 5.38. The second-order valence-corrected chi connectivity index (χ2v) is 3.95. The van der Waals surface area contributed by atoms with Crippen molar-refractivity contribution in [1.82, 2.24) is 19.9 Å². The van der Waals surface area contributed by atoms with Crippen LogP contribution in [0.25, 0.3) is 0 Å². The lowest BCUT2D eigenvalue weighted by molar-refractivity contribution is 0.0779. The van der Waals surface area contributed by atoms with E-state index in [4.69, 9.17) is 5.84 Å². The summed E-state index contributed by atoms with van der Waals surface area (Å²) in [7, 11) is 1.70. The highest BCUT2D eigenvalue weighted by Gasteiger charge is 2.13. The zero-order valence-electron chi connectivity index (χ0n) is 10.4. The molecule has 19 heavy (non-hydrogen) atoms. The maximum Gasteiger partial charge on any atom is 0.274 e. The van der Waals surface area contributed by atoms with Crippen LogP contribution in [0.15, 0.2) is 36.9 Å². The van der Waals surface area contributed by atoms with Gasteiger partial charge in [-0.1, -0.05) is 6.07 Å². The molecule has 0 saturated heterocycles. The van der Waals surface area contributed by atoms with Crippen LogP contribution < -0.4 is 11.3 Å². The van der Waals surface area contributed by atoms with Crippen LogP contribution in [0.1, 0.15) is 16.1 Å². The summed E-state index contributed by atoms with van der Waals surface area (Å²) in [6.45, 7) is 0.464. The summed E-state index contributed by atoms with van der Waals surface area (Å²) in [5, 5.41) is 0. The number of nitrogen functional groups attached to an aromatic ring is 1. The van der Waals surface area contributed by atoms with Crippen LogP contribution in [-0.4, -0.2) is 32.8 Å². The van der Waals surface area contributed by atoms with Gasteiger partial charge in [-0.25, -0.2) is 15.8 Å². The third-order valence-corrected chi connectivity index (χ3v) is 2.51. The lowest BCUT2D eigenvalue weighted by Crippen LogP contribution is -2.27. The molecule has 0 fully saturated rings. The van der Waals surface area contributed by atoms with Crippen LogP contribution in [0.2, 0.25) is 0 Å². The van der Waals surface area contributed by atoms with E-state index in [1.807, 2.05) is 12.1 Å². The molecule has 2 aromatic rings. The second kappa shape index (κ2) is 5.87. The molecule has 0 aliphatic rings. The summed E-state index contributed by atoms with van der Waals surface area (Å²) in [6, 6.07) is 3.74. The van der Waals surface area contributed by atoms with Gasteiger partial charge in [0.05, 0.1) is 12.4 Å². The average molecular weight is 258 g/mol. The summed E-state index contributed by atoms with van der Waals surface area (Å²) < 4.78 is 0. The molecule has 0 aromatic carbocycles. The fraction of sp³-hybridized carbons (Fsp3) is 0.167. The Hall–Kier alpha value is -2.54. The van der Waals surface area contributed by atoms with Gasteiger partial charge in [-0.3, -0.25) is 9.78 Å². The second-order valence-electron chi connectivity index (χ2n) is 3.95. The molecule has 2 rings (SSSR count). The van der Waals surface area contributed by atoms with Crippen LogP contribution >= 0.6 is 0 Å². The molecule has 0 atom stereocenters. The molecule has 2 aromatic heterocycles. The predicted molar refractivity (Wildman–Crippen MR) is 69.9 cm³/mol. The summed E-state index contributed by atoms with van der Waals surface area (Å²) in [5.41, 5.74) is 3.57. The van der Waals surface area contributed by atoms with Gasteiger partial charge in [-0.15, -0.1) is 0 Å². The standard InChI is InChI=1S/C12H14N6O/c1-18(8-9-3-2-4-14-5-9)12(19)10-6-16-11(17-13)7-15-10/h2-7H,8,13H2,1H3,(H,16,17). The van der Waals surface area contributed by atoms with E-state index < -0.39 is 0 Å². The quantitative estimate of drug-likeness (QED) is 0.609. The molecule has 2 heterocycles. The molecule has 0 aliphatic heterocycles. The van der Waals surface area contributed by atoms with Crippen LogP contribution in [0.3, 0.4) is 0 Å². The van der Waals surface area contributed by atoms with Crippen molar-refractivity contribution in [2.45, 2.75) is 6.54 Å². The normalized spacial score (nSPS) is 10.0. The van der Waals surface area contributed by atoms with Gasteiger partial charge in [0.1, 0.15) is 5.69 Å². The number of aromatic nitrogens is 3. The Kier molecular flexibility index (Phi) is 3.99. The van der Waals surface area contributed by atoms with Gasteiger partial charge in [-0.2, -0.15) is 0 Å². The molecule has 0 spiro atoms. The van der Waals surface area contributed by atoms with Crippen molar-refractivity contribution in [1.29, 1.82) is 0 Å². The minimum absolute atomic E-state index is 0.208. The SMILES string of the molecule is CN(Cc1cccnc1)C(=O)c1cnc(NN)cn1. The van der Waals surface area contributed by atoms with Crippen LogP contribution in [0.5, 0.6) is 0 Å². The van der Waals surface area contributed by atoms with E-state index in [2.05, 4.69) is 20.4 Å². The van der Waals surface area contributed by atoms with Crippen LogP contribution in [0.4, 0.5) is 5.82 Å². The molecular formula is C12H14N6O. The number of hydrogen-bond acceptors (Lipinski definition) is 6. The summed E-state index contributed by atoms with van der Waals surface area (Å²) in [4.78, 5) is 25.6. The van der Waals surface area contributed by atoms with Crippen molar-refractivity contribution in [3.8, 4) is 0 Å². The van der Waals surface area contributed by atoms with Crippen molar-refractivity contribution >= 4 is 11.7 Å². The molecule has 0 radical (unpaired) electrons. The maximum atomic E-state index is 12.1. The van der Waals surface area contributed by atoms with Crippen molar-refractivity contribution in [2.75, 3.05) is 12.5 Å². The Labute approximate surface area is 110 Å². The van der Waals surface area contributed by atoms with Gasteiger partial charge in [0, 0.05) is 26.0 Å². The fourth-order valence-corrected chi connectivity index (χ4v) is 1.55. The molecule has 0 saturated carbocycles. The minimum atomic E-state index is -0.208. The van der Waals surface area contributed by atoms with E-state index in [9.17, 15) is 4.79 Å². The highest BCUT2D eigenvalue weighted by molar-refractivity contribution is 5.91. The first-order valence-electron chi connectivity index (χ1n) is 5.63. The Bertz CT molecular complexity index is 542. The van der Waals surface area contributed by atoms with Crippen molar-refractivity contribution in [3.05, 3.63) is 48.2 Å². The van der Waals surface area contributed by atoms with E-state index in [0.29, 0.717) is 12.4 Å². The zero-order valence-corrected chi connectivity index (χ0v) is 10.4. The smallest absolute Gasteiger partial charge is 0.274 e. The van der Waals surface area contributed by atoms with Gasteiger partial charge in [0.15, 0.2) is 5.82 Å². The lowest BCUT2D eigenvalue weighted by Gasteiger charge is -2.16. The number of pyridine rings is 1. The molecule has 3 N–H and O–H groups in total. The van der Waals surface area contributed by atoms with Crippen molar-refractivity contribution in [2.24, 2.45) is 5.84 Å². The van der Waals surface area contributed by atoms with E-state index in [0.717, 1.165) is 5.56 Å². The highest BCUT2D eigenvalue weighted by Crippen LogP contribution is 2.06. The summed E-state index contributed by atoms with van der Waals surface area (Å²) >= 11 is 0. The zero-order chi connectivity index (χ0) is 13.7. The first-order chi connectivity index (χ1) is 9.20. The Morgan fingerprint density at radius 1 is 1.37 bits per heavy atom. The highest BCUT2D eigenvalue weighted by atomic mass is 16.2. The number of anilines is 1. The van der Waals surface area contributed by atoms with Crippen LogP contribution in [-0.2, 0) is 6.54 Å². The lowest BCUT2D eigenvalue weighted by atomic mass is 10.2. The van der Waals surface area contributed by atoms with Gasteiger partial charge in [0.25, 0.3) is 5.91 Å². The Morgan fingerprint density at radius 3 is 2.79 bits per heavy atom. The number of amides is 1. The number of carbonyl (C=O) groups is 1. The van der Waals surface area contributed by atoms with E-state index in [1.165, 1.54) is 12.4 Å². The van der Waals surface area contributed by atoms with Gasteiger partial charge in [-0.05, 0) is 11.6 Å². The fourth-order valence-electron chi connectivity index (χ4n) is 1.55. The molecule has 7 heteroatoms. The van der Waals surface area contributed by atoms with Gasteiger partial charge < -0.3 is 10.3 Å². The monoisotopic (exact) mass is 258 g/mol. The number of hydrogen-bond donors (Lipinski definition) is 2. The van der Waals surface area contributed by atoms with E-state index >= 15 is 0 Å². The number of hydrazine groups is 1. The molecule has 0 unspecified atom stereocenters. The summed E-state index contributed by atoms with van der Waals surface area (Å²) in [6.07, 6.45) is 6.20. The molecule has 0 aliphatic carbocycles. The molecule has 0 bridgehead atoms. The van der Waals surface area contributed by atoms with E-state index in [-0.39, 0.29) is 11.6 Å². The Balaban J connectivity index is 2.06. The first-order valence-corrected chi connectivity index (χ1v) is 5.63. The average Bonchev–Trinajstić information content (AvgIpc) is 2.47.